The number of ether oxygens (including phenoxy) is 2. The zero-order valence-corrected chi connectivity index (χ0v) is 29.2. The lowest BCUT2D eigenvalue weighted by molar-refractivity contribution is -0.133. The number of Topliss-reactive ketones (excluding diaryl/α,β-unsaturated/α-hetero) is 1. The summed E-state index contributed by atoms with van der Waals surface area (Å²) in [5.41, 5.74) is 3.16. The number of benzene rings is 2. The molecule has 0 bridgehead atoms. The highest BCUT2D eigenvalue weighted by Crippen LogP contribution is 2.29. The Morgan fingerprint density at radius 1 is 0.882 bits per heavy atom. The van der Waals surface area contributed by atoms with Crippen LogP contribution in [0.15, 0.2) is 82.1 Å². The maximum atomic E-state index is 14.0. The van der Waals surface area contributed by atoms with Crippen LogP contribution in [0.3, 0.4) is 0 Å². The molecular weight excluding hydrogens is 673 g/mol. The van der Waals surface area contributed by atoms with E-state index in [0.29, 0.717) is 37.6 Å². The van der Waals surface area contributed by atoms with Crippen molar-refractivity contribution in [2.45, 2.75) is 62.9 Å². The van der Waals surface area contributed by atoms with Gasteiger partial charge in [0.2, 0.25) is 11.8 Å². The summed E-state index contributed by atoms with van der Waals surface area (Å²) < 4.78 is 16.3. The summed E-state index contributed by atoms with van der Waals surface area (Å²) in [6, 6.07) is 17.5. The van der Waals surface area contributed by atoms with Crippen LogP contribution in [0.1, 0.15) is 46.4 Å². The van der Waals surface area contributed by atoms with Crippen LogP contribution in [0.25, 0.3) is 0 Å². The van der Waals surface area contributed by atoms with Crippen LogP contribution >= 0.6 is 11.3 Å². The largest absolute Gasteiger partial charge is 0.379 e. The van der Waals surface area contributed by atoms with Crippen LogP contribution in [-0.4, -0.2) is 95.2 Å². The summed E-state index contributed by atoms with van der Waals surface area (Å²) in [5.74, 6) is -1.40. The minimum absolute atomic E-state index is 0.0468. The number of carbonyl (C=O) groups is 4. The van der Waals surface area contributed by atoms with E-state index in [4.69, 9.17) is 14.0 Å². The number of morpholine rings is 1. The number of ketones is 1. The second-order valence-electron chi connectivity index (χ2n) is 13.0. The lowest BCUT2D eigenvalue weighted by Gasteiger charge is -2.26. The molecule has 4 heterocycles. The molecule has 2 saturated heterocycles. The summed E-state index contributed by atoms with van der Waals surface area (Å²) in [6.45, 7) is 5.19. The van der Waals surface area contributed by atoms with E-state index in [9.17, 15) is 19.2 Å². The normalized spacial score (nSPS) is 19.0. The summed E-state index contributed by atoms with van der Waals surface area (Å²) in [5, 5.41) is 14.4. The SMILES string of the molecule is CC1(C(=O)C(Cc2ccccc2)NC(=O)C(Cc2cscn2)NC(=O)C(CCc2ccccc2)NC(=O)c2cc(CN3CCOCC3)on2)CO1. The van der Waals surface area contributed by atoms with Crippen LogP contribution < -0.4 is 16.0 Å². The van der Waals surface area contributed by atoms with Gasteiger partial charge in [0.1, 0.15) is 17.7 Å². The Balaban J connectivity index is 1.18. The Morgan fingerprint density at radius 3 is 2.22 bits per heavy atom. The number of aromatic nitrogens is 2. The van der Waals surface area contributed by atoms with E-state index in [1.54, 1.807) is 23.9 Å². The number of aryl methyl sites for hydroxylation is 1. The Bertz CT molecular complexity index is 1760. The molecule has 0 radical (unpaired) electrons. The highest BCUT2D eigenvalue weighted by molar-refractivity contribution is 7.07. The summed E-state index contributed by atoms with van der Waals surface area (Å²) in [7, 11) is 0. The van der Waals surface area contributed by atoms with Crippen molar-refractivity contribution in [3.05, 3.63) is 106 Å². The molecule has 13 nitrogen and oxygen atoms in total. The third-order valence-corrected chi connectivity index (χ3v) is 9.64. The van der Waals surface area contributed by atoms with Crippen molar-refractivity contribution < 1.29 is 33.2 Å². The zero-order valence-electron chi connectivity index (χ0n) is 28.4. The van der Waals surface area contributed by atoms with Gasteiger partial charge in [-0.1, -0.05) is 65.8 Å². The van der Waals surface area contributed by atoms with Gasteiger partial charge in [0.25, 0.3) is 5.91 Å². The first-order valence-electron chi connectivity index (χ1n) is 17.1. The quantitative estimate of drug-likeness (QED) is 0.138. The number of nitrogens with one attached hydrogen (secondary N) is 3. The van der Waals surface area contributed by atoms with Gasteiger partial charge in [-0.25, -0.2) is 4.98 Å². The molecule has 2 aliphatic rings. The maximum Gasteiger partial charge on any atom is 0.274 e. The Kier molecular flexibility index (Phi) is 12.0. The minimum Gasteiger partial charge on any atom is -0.379 e. The fraction of sp³-hybridized carbons (Fsp3) is 0.405. The molecule has 2 aromatic heterocycles. The molecular formula is C37H42N6O7S. The molecule has 51 heavy (non-hydrogen) atoms. The van der Waals surface area contributed by atoms with Crippen molar-refractivity contribution >= 4 is 34.8 Å². The van der Waals surface area contributed by atoms with Crippen LogP contribution in [0.4, 0.5) is 0 Å². The molecule has 2 aliphatic heterocycles. The van der Waals surface area contributed by atoms with Crippen molar-refractivity contribution in [3.8, 4) is 0 Å². The molecule has 2 fully saturated rings. The van der Waals surface area contributed by atoms with E-state index in [2.05, 4.69) is 31.0 Å². The fourth-order valence-electron chi connectivity index (χ4n) is 5.91. The first-order chi connectivity index (χ1) is 24.8. The monoisotopic (exact) mass is 714 g/mol. The molecule has 4 unspecified atom stereocenters. The number of epoxide rings is 1. The molecule has 2 aromatic carbocycles. The van der Waals surface area contributed by atoms with Gasteiger partial charge in [-0.05, 0) is 37.3 Å². The number of thiazole rings is 1. The summed E-state index contributed by atoms with van der Waals surface area (Å²) in [6.07, 6.45) is 1.06. The number of carbonyl (C=O) groups excluding carboxylic acids is 4. The number of hydrogen-bond donors (Lipinski definition) is 3. The van der Waals surface area contributed by atoms with E-state index in [-0.39, 0.29) is 37.3 Å². The molecule has 14 heteroatoms. The molecule has 268 valence electrons. The lowest BCUT2D eigenvalue weighted by Crippen LogP contribution is -2.57. The fourth-order valence-corrected chi connectivity index (χ4v) is 6.48. The lowest BCUT2D eigenvalue weighted by atomic mass is 9.94. The molecule has 0 spiro atoms. The molecule has 0 aliphatic carbocycles. The van der Waals surface area contributed by atoms with Crippen LogP contribution in [0.5, 0.6) is 0 Å². The Morgan fingerprint density at radius 2 is 1.55 bits per heavy atom. The van der Waals surface area contributed by atoms with Gasteiger partial charge in [-0.15, -0.1) is 11.3 Å². The predicted octanol–water partition coefficient (Wildman–Crippen LogP) is 2.51. The van der Waals surface area contributed by atoms with E-state index in [1.807, 2.05) is 60.7 Å². The second kappa shape index (κ2) is 17.0. The highest BCUT2D eigenvalue weighted by Gasteiger charge is 2.50. The van der Waals surface area contributed by atoms with Gasteiger partial charge in [-0.2, -0.15) is 0 Å². The zero-order chi connectivity index (χ0) is 35.6. The third kappa shape index (κ3) is 10.2. The Hall–Kier alpha value is -4.76. The highest BCUT2D eigenvalue weighted by atomic mass is 32.1. The molecule has 0 saturated carbocycles. The molecule has 3 amide bonds. The van der Waals surface area contributed by atoms with E-state index < -0.39 is 41.4 Å². The first-order valence-corrected chi connectivity index (χ1v) is 18.0. The van der Waals surface area contributed by atoms with Crippen LogP contribution in [-0.2, 0) is 49.7 Å². The second-order valence-corrected chi connectivity index (χ2v) is 13.7. The number of rotatable bonds is 17. The average molecular weight is 715 g/mol. The Labute approximate surface area is 300 Å². The van der Waals surface area contributed by atoms with Gasteiger partial charge in [0.05, 0.1) is 43.6 Å². The van der Waals surface area contributed by atoms with Gasteiger partial charge < -0.3 is 29.9 Å². The maximum absolute atomic E-state index is 14.0. The first kappa shape index (κ1) is 36.0. The van der Waals surface area contributed by atoms with Crippen molar-refractivity contribution in [1.82, 2.24) is 31.0 Å². The van der Waals surface area contributed by atoms with Gasteiger partial charge in [0, 0.05) is 31.0 Å². The summed E-state index contributed by atoms with van der Waals surface area (Å²) >= 11 is 1.37. The standard InChI is InChI=1S/C37H42N6O7S/c1-37(23-49-37)33(44)30(18-26-10-6-3-7-11-26)40-35(46)31(19-27-22-51-24-38-27)41-34(45)29(13-12-25-8-4-2-5-9-25)39-36(47)32-20-28(50-42-32)21-43-14-16-48-17-15-43/h2-11,20,22,24,29-31H,12-19,21,23H2,1H3,(H,39,47)(H,40,46)(H,41,45). The summed E-state index contributed by atoms with van der Waals surface area (Å²) in [4.78, 5) is 61.5. The van der Waals surface area contributed by atoms with Gasteiger partial charge >= 0.3 is 0 Å². The molecule has 3 N–H and O–H groups in total. The van der Waals surface area contributed by atoms with E-state index >= 15 is 0 Å². The number of hydrogen-bond acceptors (Lipinski definition) is 11. The predicted molar refractivity (Wildman–Crippen MR) is 188 cm³/mol. The van der Waals surface area contributed by atoms with Crippen molar-refractivity contribution in [2.75, 3.05) is 32.9 Å². The van der Waals surface area contributed by atoms with Crippen LogP contribution in [0, 0.1) is 0 Å². The van der Waals surface area contributed by atoms with Crippen molar-refractivity contribution in [3.63, 3.8) is 0 Å². The van der Waals surface area contributed by atoms with Crippen LogP contribution in [0.2, 0.25) is 0 Å². The molecule has 4 aromatic rings. The average Bonchev–Trinajstić information content (AvgIpc) is 3.47. The molecule has 6 rings (SSSR count). The third-order valence-electron chi connectivity index (χ3n) is 9.00. The van der Waals surface area contributed by atoms with Gasteiger partial charge in [-0.3, -0.25) is 24.1 Å². The molecule has 4 atom stereocenters. The smallest absolute Gasteiger partial charge is 0.274 e. The number of amides is 3. The van der Waals surface area contributed by atoms with E-state index in [1.165, 1.54) is 11.3 Å². The van der Waals surface area contributed by atoms with Gasteiger partial charge in [0.15, 0.2) is 17.2 Å². The van der Waals surface area contributed by atoms with Crippen molar-refractivity contribution in [2.24, 2.45) is 0 Å². The van der Waals surface area contributed by atoms with E-state index in [0.717, 1.165) is 24.2 Å². The topological polar surface area (TPSA) is 168 Å². The number of nitrogens with zero attached hydrogens (tertiary/aromatic N) is 3. The minimum atomic E-state index is -1.10. The van der Waals surface area contributed by atoms with Crippen molar-refractivity contribution in [1.29, 1.82) is 0 Å².